The zero-order valence-electron chi connectivity index (χ0n) is 5.98. The van der Waals surface area contributed by atoms with E-state index in [1.54, 1.807) is 6.07 Å². The van der Waals surface area contributed by atoms with Crippen molar-refractivity contribution in [1.82, 2.24) is 15.4 Å². The molecular formula is C6H5N5O. The zero-order valence-corrected chi connectivity index (χ0v) is 5.98. The highest BCUT2D eigenvalue weighted by Gasteiger charge is 2.16. The van der Waals surface area contributed by atoms with Crippen molar-refractivity contribution in [1.29, 1.82) is 5.41 Å². The van der Waals surface area contributed by atoms with Crippen LogP contribution in [0, 0.1) is 5.41 Å². The maximum absolute atomic E-state index is 7.14. The van der Waals surface area contributed by atoms with Crippen molar-refractivity contribution in [3.05, 3.63) is 18.1 Å². The molecule has 3 N–H and O–H groups in total. The van der Waals surface area contributed by atoms with Crippen molar-refractivity contribution in [2.24, 2.45) is 5.73 Å². The Labute approximate surface area is 67.2 Å². The van der Waals surface area contributed by atoms with E-state index >= 15 is 0 Å². The van der Waals surface area contributed by atoms with E-state index in [1.807, 2.05) is 0 Å². The van der Waals surface area contributed by atoms with Crippen molar-refractivity contribution in [2.75, 3.05) is 0 Å². The zero-order chi connectivity index (χ0) is 8.55. The Morgan fingerprint density at radius 2 is 2.33 bits per heavy atom. The second-order valence-electron chi connectivity index (χ2n) is 2.19. The van der Waals surface area contributed by atoms with Crippen LogP contribution in [0.4, 0.5) is 0 Å². The van der Waals surface area contributed by atoms with Gasteiger partial charge in [-0.1, -0.05) is 0 Å². The van der Waals surface area contributed by atoms with E-state index in [4.69, 9.17) is 15.6 Å². The molecule has 0 aliphatic carbocycles. The minimum absolute atomic E-state index is 0.178. The Morgan fingerprint density at radius 3 is 3.08 bits per heavy atom. The maximum Gasteiger partial charge on any atom is 0.197 e. The molecule has 6 heteroatoms. The van der Waals surface area contributed by atoms with Gasteiger partial charge in [0.2, 0.25) is 0 Å². The van der Waals surface area contributed by atoms with Gasteiger partial charge in [-0.25, -0.2) is 0 Å². The van der Waals surface area contributed by atoms with Gasteiger partial charge >= 0.3 is 0 Å². The van der Waals surface area contributed by atoms with E-state index < -0.39 is 0 Å². The van der Waals surface area contributed by atoms with Gasteiger partial charge in [-0.2, -0.15) is 0 Å². The van der Waals surface area contributed by atoms with Crippen LogP contribution in [0.15, 0.2) is 16.7 Å². The average molecular weight is 163 g/mol. The summed E-state index contributed by atoms with van der Waals surface area (Å²) >= 11 is 0. The van der Waals surface area contributed by atoms with Gasteiger partial charge in [0.15, 0.2) is 17.3 Å². The monoisotopic (exact) mass is 163 g/mol. The van der Waals surface area contributed by atoms with Crippen LogP contribution in [0.5, 0.6) is 0 Å². The summed E-state index contributed by atoms with van der Waals surface area (Å²) in [4.78, 5) is 0. The summed E-state index contributed by atoms with van der Waals surface area (Å²) in [6.45, 7) is 0. The molecule has 0 spiro atoms. The van der Waals surface area contributed by atoms with E-state index in [1.165, 1.54) is 6.26 Å². The lowest BCUT2D eigenvalue weighted by atomic mass is 10.2. The number of hydrogen-bond donors (Lipinski definition) is 2. The van der Waals surface area contributed by atoms with Crippen molar-refractivity contribution >= 4 is 5.84 Å². The molecule has 0 aromatic carbocycles. The molecule has 2 rings (SSSR count). The molecule has 0 saturated heterocycles. The maximum atomic E-state index is 7.14. The number of hydrogen-bond acceptors (Lipinski definition) is 5. The third-order valence-corrected chi connectivity index (χ3v) is 1.41. The minimum Gasteiger partial charge on any atom is -0.459 e. The van der Waals surface area contributed by atoms with E-state index in [0.717, 1.165) is 0 Å². The number of nitrogens with two attached hydrogens (primary N) is 1. The van der Waals surface area contributed by atoms with Gasteiger partial charge in [0, 0.05) is 6.07 Å². The lowest BCUT2D eigenvalue weighted by molar-refractivity contribution is 0.538. The molecule has 0 fully saturated rings. The second-order valence-corrected chi connectivity index (χ2v) is 2.19. The third kappa shape index (κ3) is 0.815. The molecular weight excluding hydrogens is 158 g/mol. The van der Waals surface area contributed by atoms with Crippen LogP contribution in [-0.4, -0.2) is 21.2 Å². The van der Waals surface area contributed by atoms with E-state index in [9.17, 15) is 0 Å². The van der Waals surface area contributed by atoms with Gasteiger partial charge in [-0.3, -0.25) is 5.41 Å². The third-order valence-electron chi connectivity index (χ3n) is 1.41. The van der Waals surface area contributed by atoms with Gasteiger partial charge < -0.3 is 10.2 Å². The number of nitrogens with one attached hydrogen (secondary N) is 1. The van der Waals surface area contributed by atoms with Crippen LogP contribution < -0.4 is 5.73 Å². The van der Waals surface area contributed by atoms with Crippen molar-refractivity contribution in [2.45, 2.75) is 0 Å². The molecule has 6 nitrogen and oxygen atoms in total. The molecule has 0 aromatic heterocycles. The first-order valence-corrected chi connectivity index (χ1v) is 3.20. The SMILES string of the molecule is N=C(N)c1occc2nnnc1-2. The van der Waals surface area contributed by atoms with Crippen LogP contribution in [0.1, 0.15) is 5.76 Å². The molecule has 0 unspecified atom stereocenters. The summed E-state index contributed by atoms with van der Waals surface area (Å²) in [7, 11) is 0. The summed E-state index contributed by atoms with van der Waals surface area (Å²) in [5.74, 6) is 0.0281. The highest BCUT2D eigenvalue weighted by atomic mass is 16.3. The van der Waals surface area contributed by atoms with E-state index in [-0.39, 0.29) is 11.6 Å². The van der Waals surface area contributed by atoms with Crippen LogP contribution in [0.2, 0.25) is 0 Å². The average Bonchev–Trinajstić information content (AvgIpc) is 2.49. The topological polar surface area (TPSA) is 102 Å². The molecule has 0 saturated carbocycles. The molecule has 0 bridgehead atoms. The van der Waals surface area contributed by atoms with Gasteiger partial charge in [0.25, 0.3) is 0 Å². The Bertz CT molecular complexity index is 395. The van der Waals surface area contributed by atoms with Crippen molar-refractivity contribution < 1.29 is 4.42 Å². The standard InChI is InChI=1S/C6H5N5O/c7-6(8)5-4-3(1-2-12-5)9-11-10-4/h1-2H,(H3,7,8). The summed E-state index contributed by atoms with van der Waals surface area (Å²) in [5.41, 5.74) is 6.23. The van der Waals surface area contributed by atoms with Crippen LogP contribution >= 0.6 is 0 Å². The molecule has 0 amide bonds. The Kier molecular flexibility index (Phi) is 1.26. The fourth-order valence-corrected chi connectivity index (χ4v) is 0.901. The number of rotatable bonds is 1. The fourth-order valence-electron chi connectivity index (χ4n) is 0.901. The first-order chi connectivity index (χ1) is 5.79. The molecule has 2 aliphatic heterocycles. The number of fused-ring (bicyclic) bond motifs is 1. The molecule has 60 valence electrons. The first-order valence-electron chi connectivity index (χ1n) is 3.20. The second kappa shape index (κ2) is 2.26. The first kappa shape index (κ1) is 6.71. The summed E-state index contributed by atoms with van der Waals surface area (Å²) < 4.78 is 4.97. The quantitative estimate of drug-likeness (QED) is 0.449. The molecule has 12 heavy (non-hydrogen) atoms. The van der Waals surface area contributed by atoms with Crippen LogP contribution in [0.3, 0.4) is 0 Å². The smallest absolute Gasteiger partial charge is 0.197 e. The summed E-state index contributed by atoms with van der Waals surface area (Å²) in [6.07, 6.45) is 1.40. The number of nitrogens with zero attached hydrogens (tertiary/aromatic N) is 3. The molecule has 0 aromatic rings. The fraction of sp³-hybridized carbons (Fsp3) is 0. The molecule has 2 aliphatic rings. The van der Waals surface area contributed by atoms with E-state index in [0.29, 0.717) is 11.4 Å². The predicted octanol–water partition coefficient (Wildman–Crippen LogP) is -0.147. The molecule has 2 heterocycles. The van der Waals surface area contributed by atoms with Gasteiger partial charge in [0.1, 0.15) is 5.69 Å². The Hall–Kier alpha value is -1.98. The van der Waals surface area contributed by atoms with Gasteiger partial charge in [-0.05, 0) is 5.21 Å². The van der Waals surface area contributed by atoms with Crippen molar-refractivity contribution in [3.63, 3.8) is 0 Å². The van der Waals surface area contributed by atoms with Crippen LogP contribution in [-0.2, 0) is 0 Å². The largest absolute Gasteiger partial charge is 0.459 e. The Balaban J connectivity index is 2.71. The van der Waals surface area contributed by atoms with Crippen LogP contribution in [0.25, 0.3) is 11.4 Å². The predicted molar refractivity (Wildman–Crippen MR) is 39.7 cm³/mol. The number of aromatic nitrogens is 3. The normalized spacial score (nSPS) is 10.3. The van der Waals surface area contributed by atoms with Gasteiger partial charge in [-0.15, -0.1) is 10.2 Å². The molecule has 0 atom stereocenters. The lowest BCUT2D eigenvalue weighted by Gasteiger charge is -1.99. The van der Waals surface area contributed by atoms with E-state index in [2.05, 4.69) is 15.4 Å². The summed E-state index contributed by atoms with van der Waals surface area (Å²) in [5, 5.41) is 17.9. The number of amidine groups is 1. The highest BCUT2D eigenvalue weighted by molar-refractivity contribution is 5.97. The Morgan fingerprint density at radius 1 is 1.50 bits per heavy atom. The highest BCUT2D eigenvalue weighted by Crippen LogP contribution is 2.19. The number of nitrogen functional groups attached to an aromatic ring is 1. The van der Waals surface area contributed by atoms with Crippen molar-refractivity contribution in [3.8, 4) is 11.4 Å². The lowest BCUT2D eigenvalue weighted by Crippen LogP contribution is -2.12. The minimum atomic E-state index is -0.178. The molecule has 0 radical (unpaired) electrons. The summed E-state index contributed by atoms with van der Waals surface area (Å²) in [6, 6.07) is 1.61. The van der Waals surface area contributed by atoms with Gasteiger partial charge in [0.05, 0.1) is 6.26 Å².